The molecule has 4 heteroatoms. The molecule has 1 aromatic heterocycles. The Morgan fingerprint density at radius 1 is 1.15 bits per heavy atom. The van der Waals surface area contributed by atoms with Crippen LogP contribution in [-0.4, -0.2) is 12.1 Å². The minimum absolute atomic E-state index is 0.0208. The molecule has 0 aliphatic heterocycles. The molecule has 0 spiro atoms. The standard InChI is InChI=1S/C16H19FN2O/c1-11(13-7-8-16(20-3)14(17)10-13)19-12(2)15-6-4-5-9-18-15/h4-12,19H,1-3H3. The maximum atomic E-state index is 13.7. The zero-order valence-corrected chi connectivity index (χ0v) is 11.9. The van der Waals surface area contributed by atoms with Gasteiger partial charge in [-0.05, 0) is 43.7 Å². The molecule has 1 N–H and O–H groups in total. The van der Waals surface area contributed by atoms with Gasteiger partial charge in [0.15, 0.2) is 11.6 Å². The van der Waals surface area contributed by atoms with Gasteiger partial charge in [0, 0.05) is 18.3 Å². The van der Waals surface area contributed by atoms with Crippen LogP contribution in [0.2, 0.25) is 0 Å². The average Bonchev–Trinajstić information content (AvgIpc) is 2.48. The monoisotopic (exact) mass is 274 g/mol. The van der Waals surface area contributed by atoms with Gasteiger partial charge < -0.3 is 10.1 Å². The van der Waals surface area contributed by atoms with Crippen molar-refractivity contribution < 1.29 is 9.13 Å². The summed E-state index contributed by atoms with van der Waals surface area (Å²) in [5, 5.41) is 3.41. The normalized spacial score (nSPS) is 13.8. The van der Waals surface area contributed by atoms with E-state index in [4.69, 9.17) is 4.74 Å². The molecule has 0 aliphatic carbocycles. The lowest BCUT2D eigenvalue weighted by Crippen LogP contribution is -2.23. The van der Waals surface area contributed by atoms with E-state index >= 15 is 0 Å². The molecule has 2 unspecified atom stereocenters. The number of methoxy groups -OCH3 is 1. The van der Waals surface area contributed by atoms with E-state index in [2.05, 4.69) is 10.3 Å². The zero-order chi connectivity index (χ0) is 14.5. The maximum Gasteiger partial charge on any atom is 0.165 e. The molecule has 0 fully saturated rings. The molecule has 0 aliphatic rings. The van der Waals surface area contributed by atoms with Gasteiger partial charge in [-0.25, -0.2) is 4.39 Å². The third kappa shape index (κ3) is 3.33. The first-order chi connectivity index (χ1) is 9.61. The molecule has 0 bridgehead atoms. The Hall–Kier alpha value is -1.94. The van der Waals surface area contributed by atoms with E-state index in [1.807, 2.05) is 38.1 Å². The van der Waals surface area contributed by atoms with Crippen LogP contribution in [0.25, 0.3) is 0 Å². The third-order valence-electron chi connectivity index (χ3n) is 3.31. The summed E-state index contributed by atoms with van der Waals surface area (Å²) in [4.78, 5) is 4.31. The second-order valence-electron chi connectivity index (χ2n) is 4.76. The van der Waals surface area contributed by atoms with Crippen LogP contribution in [0.1, 0.15) is 37.2 Å². The van der Waals surface area contributed by atoms with Crippen LogP contribution in [0.3, 0.4) is 0 Å². The molecular formula is C16H19FN2O. The topological polar surface area (TPSA) is 34.1 Å². The van der Waals surface area contributed by atoms with E-state index < -0.39 is 0 Å². The highest BCUT2D eigenvalue weighted by molar-refractivity contribution is 5.31. The Kier molecular flexibility index (Phi) is 4.69. The summed E-state index contributed by atoms with van der Waals surface area (Å²) >= 11 is 0. The summed E-state index contributed by atoms with van der Waals surface area (Å²) in [6.45, 7) is 4.04. The average molecular weight is 274 g/mol. The summed E-state index contributed by atoms with van der Waals surface area (Å²) in [7, 11) is 1.46. The van der Waals surface area contributed by atoms with E-state index in [1.165, 1.54) is 13.2 Å². The Labute approximate surface area is 118 Å². The fraction of sp³-hybridized carbons (Fsp3) is 0.312. The van der Waals surface area contributed by atoms with Gasteiger partial charge in [-0.1, -0.05) is 12.1 Å². The number of aromatic nitrogens is 1. The Bertz CT molecular complexity index is 560. The van der Waals surface area contributed by atoms with Crippen LogP contribution in [0.4, 0.5) is 4.39 Å². The number of nitrogens with one attached hydrogen (secondary N) is 1. The molecule has 1 aromatic carbocycles. The highest BCUT2D eigenvalue weighted by Crippen LogP contribution is 2.23. The van der Waals surface area contributed by atoms with Crippen LogP contribution in [0, 0.1) is 5.82 Å². The number of ether oxygens (including phenoxy) is 1. The minimum Gasteiger partial charge on any atom is -0.494 e. The largest absolute Gasteiger partial charge is 0.494 e. The predicted molar refractivity (Wildman–Crippen MR) is 77.2 cm³/mol. The third-order valence-corrected chi connectivity index (χ3v) is 3.31. The van der Waals surface area contributed by atoms with Crippen molar-refractivity contribution in [1.29, 1.82) is 0 Å². The predicted octanol–water partition coefficient (Wildman–Crippen LogP) is 3.64. The Morgan fingerprint density at radius 3 is 2.55 bits per heavy atom. The van der Waals surface area contributed by atoms with Crippen molar-refractivity contribution in [2.24, 2.45) is 0 Å². The van der Waals surface area contributed by atoms with E-state index in [-0.39, 0.29) is 23.7 Å². The fourth-order valence-electron chi connectivity index (χ4n) is 2.14. The highest BCUT2D eigenvalue weighted by Gasteiger charge is 2.13. The summed E-state index contributed by atoms with van der Waals surface area (Å²) in [5.74, 6) is -0.0807. The number of rotatable bonds is 5. The van der Waals surface area contributed by atoms with Crippen molar-refractivity contribution >= 4 is 0 Å². The van der Waals surface area contributed by atoms with Gasteiger partial charge >= 0.3 is 0 Å². The Morgan fingerprint density at radius 2 is 1.95 bits per heavy atom. The van der Waals surface area contributed by atoms with Gasteiger partial charge in [0.25, 0.3) is 0 Å². The number of benzene rings is 1. The quantitative estimate of drug-likeness (QED) is 0.903. The first-order valence-electron chi connectivity index (χ1n) is 6.62. The van der Waals surface area contributed by atoms with Crippen LogP contribution < -0.4 is 10.1 Å². The lowest BCUT2D eigenvalue weighted by molar-refractivity contribution is 0.385. The van der Waals surface area contributed by atoms with Crippen molar-refractivity contribution in [2.45, 2.75) is 25.9 Å². The second-order valence-corrected chi connectivity index (χ2v) is 4.76. The SMILES string of the molecule is COc1ccc(C(C)NC(C)c2ccccn2)cc1F. The summed E-state index contributed by atoms with van der Waals surface area (Å²) in [6.07, 6.45) is 1.77. The first-order valence-corrected chi connectivity index (χ1v) is 6.62. The molecule has 0 amide bonds. The smallest absolute Gasteiger partial charge is 0.165 e. The summed E-state index contributed by atoms with van der Waals surface area (Å²) < 4.78 is 18.6. The number of nitrogens with zero attached hydrogens (tertiary/aromatic N) is 1. The van der Waals surface area contributed by atoms with Crippen LogP contribution in [0.15, 0.2) is 42.6 Å². The zero-order valence-electron chi connectivity index (χ0n) is 11.9. The van der Waals surface area contributed by atoms with Crippen molar-refractivity contribution in [3.63, 3.8) is 0 Å². The van der Waals surface area contributed by atoms with Gasteiger partial charge in [-0.2, -0.15) is 0 Å². The van der Waals surface area contributed by atoms with Gasteiger partial charge in [0.1, 0.15) is 0 Å². The molecule has 0 radical (unpaired) electrons. The van der Waals surface area contributed by atoms with Crippen LogP contribution >= 0.6 is 0 Å². The van der Waals surface area contributed by atoms with Crippen molar-refractivity contribution in [2.75, 3.05) is 7.11 Å². The molecular weight excluding hydrogens is 255 g/mol. The van der Waals surface area contributed by atoms with E-state index in [0.717, 1.165) is 11.3 Å². The van der Waals surface area contributed by atoms with Crippen LogP contribution in [-0.2, 0) is 0 Å². The minimum atomic E-state index is -0.343. The summed E-state index contributed by atoms with van der Waals surface area (Å²) in [5.41, 5.74) is 1.85. The molecule has 2 rings (SSSR count). The molecule has 20 heavy (non-hydrogen) atoms. The molecule has 3 nitrogen and oxygen atoms in total. The second kappa shape index (κ2) is 6.48. The molecule has 1 heterocycles. The van der Waals surface area contributed by atoms with E-state index in [1.54, 1.807) is 12.3 Å². The van der Waals surface area contributed by atoms with Gasteiger partial charge in [0.05, 0.1) is 12.8 Å². The van der Waals surface area contributed by atoms with Crippen molar-refractivity contribution in [3.05, 3.63) is 59.7 Å². The Balaban J connectivity index is 2.08. The fourth-order valence-corrected chi connectivity index (χ4v) is 2.14. The first kappa shape index (κ1) is 14.5. The van der Waals surface area contributed by atoms with Gasteiger partial charge in [0.2, 0.25) is 0 Å². The van der Waals surface area contributed by atoms with Crippen LogP contribution in [0.5, 0.6) is 5.75 Å². The molecule has 0 saturated carbocycles. The number of pyridine rings is 1. The van der Waals surface area contributed by atoms with Gasteiger partial charge in [-0.15, -0.1) is 0 Å². The number of halogens is 1. The lowest BCUT2D eigenvalue weighted by atomic mass is 10.1. The van der Waals surface area contributed by atoms with Crippen molar-refractivity contribution in [3.8, 4) is 5.75 Å². The van der Waals surface area contributed by atoms with Gasteiger partial charge in [-0.3, -0.25) is 4.98 Å². The highest BCUT2D eigenvalue weighted by atomic mass is 19.1. The molecule has 106 valence electrons. The van der Waals surface area contributed by atoms with Crippen molar-refractivity contribution in [1.82, 2.24) is 10.3 Å². The molecule has 0 saturated heterocycles. The van der Waals surface area contributed by atoms with E-state index in [9.17, 15) is 4.39 Å². The number of hydrogen-bond acceptors (Lipinski definition) is 3. The number of hydrogen-bond donors (Lipinski definition) is 1. The summed E-state index contributed by atoms with van der Waals surface area (Å²) in [6, 6.07) is 10.9. The lowest BCUT2D eigenvalue weighted by Gasteiger charge is -2.20. The molecule has 2 aromatic rings. The van der Waals surface area contributed by atoms with E-state index in [0.29, 0.717) is 0 Å². The maximum absolute atomic E-state index is 13.7. The molecule has 2 atom stereocenters.